The van der Waals surface area contributed by atoms with Crippen molar-refractivity contribution in [2.75, 3.05) is 11.9 Å². The highest BCUT2D eigenvalue weighted by atomic mass is 32.1. The van der Waals surface area contributed by atoms with E-state index in [2.05, 4.69) is 22.9 Å². The molecule has 160 valence electrons. The third-order valence-corrected chi connectivity index (χ3v) is 4.39. The summed E-state index contributed by atoms with van der Waals surface area (Å²) in [5, 5.41) is 8.61. The van der Waals surface area contributed by atoms with Crippen molar-refractivity contribution in [1.29, 1.82) is 0 Å². The fourth-order valence-corrected chi connectivity index (χ4v) is 2.84. The Labute approximate surface area is 183 Å². The maximum absolute atomic E-state index is 12.4. The van der Waals surface area contributed by atoms with Crippen molar-refractivity contribution in [3.8, 4) is 5.75 Å². The summed E-state index contributed by atoms with van der Waals surface area (Å²) < 4.78 is 5.65. The topological polar surface area (TPSA) is 79.5 Å². The summed E-state index contributed by atoms with van der Waals surface area (Å²) in [6, 6.07) is 13.9. The molecule has 6 nitrogen and oxygen atoms in total. The first-order valence-corrected chi connectivity index (χ1v) is 10.6. The summed E-state index contributed by atoms with van der Waals surface area (Å²) >= 11 is 5.21. The number of benzene rings is 2. The van der Waals surface area contributed by atoms with Gasteiger partial charge in [-0.15, -0.1) is 0 Å². The molecule has 30 heavy (non-hydrogen) atoms. The molecule has 2 aromatic rings. The molecule has 0 atom stereocenters. The maximum atomic E-state index is 12.4. The number of rotatable bonds is 9. The second kappa shape index (κ2) is 11.9. The quantitative estimate of drug-likeness (QED) is 0.405. The molecule has 3 N–H and O–H groups in total. The lowest BCUT2D eigenvalue weighted by Gasteiger charge is -2.11. The van der Waals surface area contributed by atoms with Gasteiger partial charge >= 0.3 is 0 Å². The summed E-state index contributed by atoms with van der Waals surface area (Å²) in [6.45, 7) is 6.63. The van der Waals surface area contributed by atoms with Crippen molar-refractivity contribution in [3.63, 3.8) is 0 Å². The lowest BCUT2D eigenvalue weighted by molar-refractivity contribution is 0.0941. The van der Waals surface area contributed by atoms with Gasteiger partial charge in [-0.3, -0.25) is 14.9 Å². The van der Waals surface area contributed by atoms with E-state index in [9.17, 15) is 9.59 Å². The monoisotopic (exact) mass is 427 g/mol. The first-order valence-electron chi connectivity index (χ1n) is 10.1. The van der Waals surface area contributed by atoms with E-state index in [1.807, 2.05) is 13.8 Å². The van der Waals surface area contributed by atoms with E-state index in [0.717, 1.165) is 25.0 Å². The van der Waals surface area contributed by atoms with Crippen molar-refractivity contribution in [1.82, 2.24) is 10.6 Å². The zero-order valence-electron chi connectivity index (χ0n) is 17.7. The van der Waals surface area contributed by atoms with E-state index in [4.69, 9.17) is 17.0 Å². The van der Waals surface area contributed by atoms with Crippen LogP contribution in [-0.4, -0.2) is 29.6 Å². The van der Waals surface area contributed by atoms with Crippen molar-refractivity contribution >= 4 is 34.8 Å². The van der Waals surface area contributed by atoms with Crippen molar-refractivity contribution in [2.45, 2.75) is 46.1 Å². The molecule has 0 spiro atoms. The Kier molecular flexibility index (Phi) is 9.28. The number of hydrogen-bond donors (Lipinski definition) is 3. The first kappa shape index (κ1) is 23.3. The molecule has 2 amide bonds. The van der Waals surface area contributed by atoms with Gasteiger partial charge in [-0.05, 0) is 81.0 Å². The molecule has 7 heteroatoms. The van der Waals surface area contributed by atoms with Crippen LogP contribution >= 0.6 is 12.2 Å². The van der Waals surface area contributed by atoms with Gasteiger partial charge in [0.1, 0.15) is 5.75 Å². The largest absolute Gasteiger partial charge is 0.494 e. The number of thiocarbonyl (C=S) groups is 1. The fraction of sp³-hybridized carbons (Fsp3) is 0.348. The number of nitrogens with one attached hydrogen (secondary N) is 3. The molecule has 2 aromatic carbocycles. The predicted molar refractivity (Wildman–Crippen MR) is 124 cm³/mol. The van der Waals surface area contributed by atoms with Crippen molar-refractivity contribution in [3.05, 3.63) is 59.7 Å². The Bertz CT molecular complexity index is 849. The van der Waals surface area contributed by atoms with E-state index in [1.165, 1.54) is 0 Å². The van der Waals surface area contributed by atoms with Gasteiger partial charge < -0.3 is 15.4 Å². The summed E-state index contributed by atoms with van der Waals surface area (Å²) in [5.74, 6) is 0.299. The molecule has 0 aromatic heterocycles. The van der Waals surface area contributed by atoms with Crippen molar-refractivity contribution in [2.24, 2.45) is 0 Å². The molecule has 0 fully saturated rings. The van der Waals surface area contributed by atoms with Gasteiger partial charge in [0, 0.05) is 22.9 Å². The van der Waals surface area contributed by atoms with Gasteiger partial charge in [0.25, 0.3) is 11.8 Å². The number of carbonyl (C=O) groups is 2. The molecule has 0 saturated carbocycles. The second-order valence-corrected chi connectivity index (χ2v) is 7.60. The van der Waals surface area contributed by atoms with E-state index in [0.29, 0.717) is 23.4 Å². The van der Waals surface area contributed by atoms with Crippen LogP contribution in [-0.2, 0) is 0 Å². The van der Waals surface area contributed by atoms with Crippen LogP contribution in [0.2, 0.25) is 0 Å². The number of carbonyl (C=O) groups excluding carboxylic acids is 2. The smallest absolute Gasteiger partial charge is 0.257 e. The van der Waals surface area contributed by atoms with Gasteiger partial charge in [-0.25, -0.2) is 0 Å². The van der Waals surface area contributed by atoms with E-state index in [-0.39, 0.29) is 23.0 Å². The highest BCUT2D eigenvalue weighted by Crippen LogP contribution is 2.13. The van der Waals surface area contributed by atoms with Crippen LogP contribution in [0.25, 0.3) is 0 Å². The van der Waals surface area contributed by atoms with Gasteiger partial charge in [0.15, 0.2) is 5.11 Å². The maximum Gasteiger partial charge on any atom is 0.257 e. The van der Waals surface area contributed by atoms with E-state index >= 15 is 0 Å². The highest BCUT2D eigenvalue weighted by molar-refractivity contribution is 7.80. The number of hydrogen-bond acceptors (Lipinski definition) is 4. The molecule has 0 bridgehead atoms. The molecule has 0 unspecified atom stereocenters. The molecule has 0 aliphatic rings. The minimum Gasteiger partial charge on any atom is -0.494 e. The van der Waals surface area contributed by atoms with Crippen LogP contribution in [0, 0.1) is 0 Å². The third kappa shape index (κ3) is 7.83. The molecule has 0 radical (unpaired) electrons. The predicted octanol–water partition coefficient (Wildman–Crippen LogP) is 4.52. The zero-order chi connectivity index (χ0) is 21.9. The Morgan fingerprint density at radius 2 is 1.53 bits per heavy atom. The zero-order valence-corrected chi connectivity index (χ0v) is 18.5. The molecule has 0 saturated heterocycles. The number of ether oxygens (including phenoxy) is 1. The number of amides is 2. The minimum absolute atomic E-state index is 0.0692. The lowest BCUT2D eigenvalue weighted by atomic mass is 10.2. The first-order chi connectivity index (χ1) is 14.4. The summed E-state index contributed by atoms with van der Waals surface area (Å²) in [7, 11) is 0. The second-order valence-electron chi connectivity index (χ2n) is 7.19. The SMILES string of the molecule is CCCCCOc1ccc(C(=O)NC(=S)Nc2ccc(C(=O)NC(C)C)cc2)cc1. The summed E-state index contributed by atoms with van der Waals surface area (Å²) in [6.07, 6.45) is 3.30. The summed E-state index contributed by atoms with van der Waals surface area (Å²) in [4.78, 5) is 24.3. The van der Waals surface area contributed by atoms with E-state index in [1.54, 1.807) is 48.5 Å². The van der Waals surface area contributed by atoms with E-state index < -0.39 is 0 Å². The Morgan fingerprint density at radius 3 is 2.13 bits per heavy atom. The normalized spacial score (nSPS) is 10.4. The van der Waals surface area contributed by atoms with Gasteiger partial charge in [0.05, 0.1) is 6.61 Å². The standard InChI is InChI=1S/C23H29N3O3S/c1-4-5-6-15-29-20-13-9-18(10-14-20)22(28)26-23(30)25-19-11-7-17(8-12-19)21(27)24-16(2)3/h7-14,16H,4-6,15H2,1-3H3,(H,24,27)(H2,25,26,28,30). The Balaban J connectivity index is 1.84. The summed E-state index contributed by atoms with van der Waals surface area (Å²) in [5.41, 5.74) is 1.72. The number of anilines is 1. The molecule has 0 aliphatic heterocycles. The van der Waals surface area contributed by atoms with Crippen LogP contribution in [0.1, 0.15) is 60.7 Å². The van der Waals surface area contributed by atoms with Crippen LogP contribution in [0.3, 0.4) is 0 Å². The third-order valence-electron chi connectivity index (χ3n) is 4.18. The molecule has 0 aliphatic carbocycles. The Hall–Kier alpha value is -2.93. The minimum atomic E-state index is -0.307. The average molecular weight is 428 g/mol. The highest BCUT2D eigenvalue weighted by Gasteiger charge is 2.10. The van der Waals surface area contributed by atoms with Crippen LogP contribution in [0.15, 0.2) is 48.5 Å². The number of unbranched alkanes of at least 4 members (excludes halogenated alkanes) is 2. The average Bonchev–Trinajstić information content (AvgIpc) is 2.71. The van der Waals surface area contributed by atoms with Crippen molar-refractivity contribution < 1.29 is 14.3 Å². The Morgan fingerprint density at radius 1 is 0.933 bits per heavy atom. The molecular weight excluding hydrogens is 398 g/mol. The van der Waals surface area contributed by atoms with Crippen LogP contribution in [0.5, 0.6) is 5.75 Å². The molecule has 0 heterocycles. The molecular formula is C23H29N3O3S. The molecule has 2 rings (SSSR count). The van der Waals surface area contributed by atoms with Gasteiger partial charge in [-0.1, -0.05) is 19.8 Å². The van der Waals surface area contributed by atoms with Crippen LogP contribution < -0.4 is 20.7 Å². The lowest BCUT2D eigenvalue weighted by Crippen LogP contribution is -2.34. The fourth-order valence-electron chi connectivity index (χ4n) is 2.63. The van der Waals surface area contributed by atoms with Gasteiger partial charge in [0.2, 0.25) is 0 Å². The van der Waals surface area contributed by atoms with Crippen LogP contribution in [0.4, 0.5) is 5.69 Å². The van der Waals surface area contributed by atoms with Gasteiger partial charge in [-0.2, -0.15) is 0 Å².